The van der Waals surface area contributed by atoms with Crippen molar-refractivity contribution in [2.45, 2.75) is 13.5 Å². The SMILES string of the molecule is Cc1nn2c(ncc3ccccc32)c1-c1ccc(OCc2ccccc2)cc1. The first-order valence-corrected chi connectivity index (χ1v) is 9.30. The van der Waals surface area contributed by atoms with Gasteiger partial charge in [0.2, 0.25) is 0 Å². The van der Waals surface area contributed by atoms with E-state index in [9.17, 15) is 0 Å². The van der Waals surface area contributed by atoms with E-state index in [-0.39, 0.29) is 0 Å². The predicted molar refractivity (Wildman–Crippen MR) is 111 cm³/mol. The molecule has 0 fully saturated rings. The van der Waals surface area contributed by atoms with Crippen molar-refractivity contribution in [1.82, 2.24) is 14.6 Å². The van der Waals surface area contributed by atoms with E-state index in [0.717, 1.165) is 44.7 Å². The largest absolute Gasteiger partial charge is 0.489 e. The van der Waals surface area contributed by atoms with E-state index in [1.54, 1.807) is 0 Å². The summed E-state index contributed by atoms with van der Waals surface area (Å²) in [5.74, 6) is 0.847. The fourth-order valence-electron chi connectivity index (χ4n) is 3.52. The van der Waals surface area contributed by atoms with Crippen LogP contribution in [0.5, 0.6) is 5.75 Å². The number of rotatable bonds is 4. The van der Waals surface area contributed by atoms with Gasteiger partial charge in [-0.3, -0.25) is 0 Å². The Hall–Kier alpha value is -3.66. The van der Waals surface area contributed by atoms with E-state index in [2.05, 4.69) is 41.4 Å². The number of fused-ring (bicyclic) bond motifs is 3. The number of benzene rings is 3. The number of hydrogen-bond acceptors (Lipinski definition) is 3. The van der Waals surface area contributed by atoms with Crippen molar-refractivity contribution in [3.8, 4) is 16.9 Å². The molecule has 0 aliphatic rings. The van der Waals surface area contributed by atoms with Gasteiger partial charge in [-0.2, -0.15) is 5.10 Å². The Morgan fingerprint density at radius 1 is 0.857 bits per heavy atom. The molecule has 0 saturated heterocycles. The van der Waals surface area contributed by atoms with Gasteiger partial charge in [0.1, 0.15) is 12.4 Å². The molecule has 0 radical (unpaired) electrons. The van der Waals surface area contributed by atoms with Crippen molar-refractivity contribution < 1.29 is 4.74 Å². The highest BCUT2D eigenvalue weighted by Crippen LogP contribution is 2.30. The van der Waals surface area contributed by atoms with Crippen molar-refractivity contribution in [1.29, 1.82) is 0 Å². The zero-order valence-corrected chi connectivity index (χ0v) is 15.5. The second-order valence-corrected chi connectivity index (χ2v) is 6.81. The molecule has 4 heteroatoms. The Bertz CT molecular complexity index is 1260. The summed E-state index contributed by atoms with van der Waals surface area (Å²) < 4.78 is 7.83. The summed E-state index contributed by atoms with van der Waals surface area (Å²) >= 11 is 0. The van der Waals surface area contributed by atoms with Crippen LogP contribution in [0.4, 0.5) is 0 Å². The molecule has 0 bridgehead atoms. The Labute approximate surface area is 163 Å². The third kappa shape index (κ3) is 2.89. The zero-order chi connectivity index (χ0) is 18.9. The minimum absolute atomic E-state index is 0.559. The van der Waals surface area contributed by atoms with Crippen molar-refractivity contribution in [2.24, 2.45) is 0 Å². The maximum Gasteiger partial charge on any atom is 0.163 e. The Morgan fingerprint density at radius 2 is 1.61 bits per heavy atom. The molecule has 4 nitrogen and oxygen atoms in total. The third-order valence-corrected chi connectivity index (χ3v) is 4.92. The summed E-state index contributed by atoms with van der Waals surface area (Å²) in [5.41, 5.74) is 6.18. The van der Waals surface area contributed by atoms with Crippen molar-refractivity contribution >= 4 is 16.6 Å². The molecule has 2 aromatic heterocycles. The van der Waals surface area contributed by atoms with Crippen molar-refractivity contribution in [3.63, 3.8) is 0 Å². The predicted octanol–water partition coefficient (Wildman–Crippen LogP) is 5.44. The zero-order valence-electron chi connectivity index (χ0n) is 15.5. The second-order valence-electron chi connectivity index (χ2n) is 6.81. The summed E-state index contributed by atoms with van der Waals surface area (Å²) in [5, 5.41) is 5.82. The molecule has 0 saturated carbocycles. The number of para-hydroxylation sites is 1. The van der Waals surface area contributed by atoms with Gasteiger partial charge in [0.05, 0.1) is 11.2 Å². The number of hydrogen-bond donors (Lipinski definition) is 0. The smallest absolute Gasteiger partial charge is 0.163 e. The maximum absolute atomic E-state index is 5.90. The molecule has 2 heterocycles. The molecule has 0 aliphatic heterocycles. The topological polar surface area (TPSA) is 39.4 Å². The Morgan fingerprint density at radius 3 is 2.43 bits per heavy atom. The fraction of sp³-hybridized carbons (Fsp3) is 0.0833. The first-order valence-electron chi connectivity index (χ1n) is 9.30. The van der Waals surface area contributed by atoms with E-state index < -0.39 is 0 Å². The molecule has 0 spiro atoms. The highest BCUT2D eigenvalue weighted by Gasteiger charge is 2.14. The minimum Gasteiger partial charge on any atom is -0.489 e. The summed E-state index contributed by atoms with van der Waals surface area (Å²) in [6, 6.07) is 26.5. The monoisotopic (exact) mass is 365 g/mol. The lowest BCUT2D eigenvalue weighted by Gasteiger charge is -2.07. The number of nitrogens with zero attached hydrogens (tertiary/aromatic N) is 3. The van der Waals surface area contributed by atoms with Crippen molar-refractivity contribution in [3.05, 3.63) is 96.3 Å². The molecule has 0 N–H and O–H groups in total. The summed E-state index contributed by atoms with van der Waals surface area (Å²) in [7, 11) is 0. The van der Waals surface area contributed by atoms with Crippen LogP contribution >= 0.6 is 0 Å². The van der Waals surface area contributed by atoms with Crippen LogP contribution in [0.25, 0.3) is 27.7 Å². The van der Waals surface area contributed by atoms with E-state index in [4.69, 9.17) is 9.84 Å². The third-order valence-electron chi connectivity index (χ3n) is 4.92. The van der Waals surface area contributed by atoms with Crippen LogP contribution < -0.4 is 4.74 Å². The highest BCUT2D eigenvalue weighted by molar-refractivity contribution is 5.86. The van der Waals surface area contributed by atoms with Crippen LogP contribution in [0.15, 0.2) is 85.1 Å². The molecular formula is C24H19N3O. The number of aryl methyl sites for hydroxylation is 1. The average molecular weight is 365 g/mol. The quantitative estimate of drug-likeness (QED) is 0.426. The molecule has 136 valence electrons. The van der Waals surface area contributed by atoms with Gasteiger partial charge >= 0.3 is 0 Å². The standard InChI is InChI=1S/C24H19N3O/c1-17-23(24-25-15-20-9-5-6-10-22(20)27(24)26-17)19-11-13-21(14-12-19)28-16-18-7-3-2-4-8-18/h2-15H,16H2,1H3. The van der Waals surface area contributed by atoms with Crippen LogP contribution in [0.2, 0.25) is 0 Å². The minimum atomic E-state index is 0.559. The van der Waals surface area contributed by atoms with Gasteiger partial charge in [-0.05, 0) is 36.2 Å². The lowest BCUT2D eigenvalue weighted by atomic mass is 10.1. The molecule has 0 unspecified atom stereocenters. The van der Waals surface area contributed by atoms with Crippen LogP contribution in [-0.2, 0) is 6.61 Å². The van der Waals surface area contributed by atoms with E-state index in [1.165, 1.54) is 0 Å². The molecule has 0 atom stereocenters. The van der Waals surface area contributed by atoms with Gasteiger partial charge in [-0.25, -0.2) is 9.50 Å². The van der Waals surface area contributed by atoms with Crippen LogP contribution in [0.3, 0.4) is 0 Å². The van der Waals surface area contributed by atoms with Crippen LogP contribution in [0.1, 0.15) is 11.3 Å². The first kappa shape index (κ1) is 16.5. The summed E-state index contributed by atoms with van der Waals surface area (Å²) in [6.07, 6.45) is 1.91. The summed E-state index contributed by atoms with van der Waals surface area (Å²) in [4.78, 5) is 4.67. The van der Waals surface area contributed by atoms with E-state index >= 15 is 0 Å². The van der Waals surface area contributed by atoms with Gasteiger partial charge in [0.15, 0.2) is 5.65 Å². The van der Waals surface area contributed by atoms with Crippen LogP contribution in [0, 0.1) is 6.92 Å². The lowest BCUT2D eigenvalue weighted by molar-refractivity contribution is 0.306. The molecule has 3 aromatic carbocycles. The molecule has 5 aromatic rings. The number of ether oxygens (including phenoxy) is 1. The second kappa shape index (κ2) is 6.82. The first-order chi connectivity index (χ1) is 13.8. The Balaban J connectivity index is 1.48. The van der Waals surface area contributed by atoms with E-state index in [1.807, 2.05) is 60.1 Å². The van der Waals surface area contributed by atoms with Crippen molar-refractivity contribution in [2.75, 3.05) is 0 Å². The summed E-state index contributed by atoms with van der Waals surface area (Å²) in [6.45, 7) is 2.59. The average Bonchev–Trinajstić information content (AvgIpc) is 3.10. The van der Waals surface area contributed by atoms with E-state index in [0.29, 0.717) is 6.61 Å². The molecule has 28 heavy (non-hydrogen) atoms. The molecule has 0 aliphatic carbocycles. The van der Waals surface area contributed by atoms with Gasteiger partial charge in [-0.1, -0.05) is 60.7 Å². The fourth-order valence-corrected chi connectivity index (χ4v) is 3.52. The highest BCUT2D eigenvalue weighted by atomic mass is 16.5. The number of aromatic nitrogens is 3. The van der Waals surface area contributed by atoms with Gasteiger partial charge in [0.25, 0.3) is 0 Å². The lowest BCUT2D eigenvalue weighted by Crippen LogP contribution is -1.95. The van der Waals surface area contributed by atoms with Crippen LogP contribution in [-0.4, -0.2) is 14.6 Å². The van der Waals surface area contributed by atoms with Gasteiger partial charge in [-0.15, -0.1) is 0 Å². The molecular weight excluding hydrogens is 346 g/mol. The molecule has 5 rings (SSSR count). The maximum atomic E-state index is 5.90. The normalized spacial score (nSPS) is 11.2. The van der Waals surface area contributed by atoms with Gasteiger partial charge in [0, 0.05) is 17.1 Å². The molecule has 0 amide bonds. The Kier molecular flexibility index (Phi) is 4.02. The van der Waals surface area contributed by atoms with Gasteiger partial charge < -0.3 is 4.74 Å².